The number of H-pyrrole nitrogens is 1. The second-order valence-electron chi connectivity index (χ2n) is 6.20. The van der Waals surface area contributed by atoms with Crippen LogP contribution < -0.4 is 5.32 Å². The average Bonchev–Trinajstić information content (AvgIpc) is 2.88. The van der Waals surface area contributed by atoms with Crippen molar-refractivity contribution >= 4 is 11.8 Å². The van der Waals surface area contributed by atoms with Gasteiger partial charge in [-0.1, -0.05) is 0 Å². The largest absolute Gasteiger partial charge is 0.342 e. The average molecular weight is 291 g/mol. The first-order valence-corrected chi connectivity index (χ1v) is 7.27. The SMILES string of the molecule is CN1CCN(C(=O)c2n[nH]c3c2CNCC3)C(C)(C)C1=O. The Hall–Kier alpha value is -1.89. The van der Waals surface area contributed by atoms with Crippen molar-refractivity contribution in [2.24, 2.45) is 0 Å². The highest BCUT2D eigenvalue weighted by Gasteiger charge is 2.44. The van der Waals surface area contributed by atoms with E-state index in [9.17, 15) is 9.59 Å². The highest BCUT2D eigenvalue weighted by atomic mass is 16.2. The zero-order valence-corrected chi connectivity index (χ0v) is 12.7. The third-order valence-corrected chi connectivity index (χ3v) is 4.46. The first kappa shape index (κ1) is 14.1. The van der Waals surface area contributed by atoms with E-state index in [1.54, 1.807) is 30.7 Å². The molecule has 3 rings (SSSR count). The zero-order valence-electron chi connectivity index (χ0n) is 12.7. The molecule has 1 aromatic rings. The molecular formula is C14H21N5O2. The second-order valence-corrected chi connectivity index (χ2v) is 6.20. The number of aromatic nitrogens is 2. The Morgan fingerprint density at radius 2 is 2.10 bits per heavy atom. The van der Waals surface area contributed by atoms with Crippen LogP contribution in [0.5, 0.6) is 0 Å². The highest BCUT2D eigenvalue weighted by Crippen LogP contribution is 2.25. The molecule has 1 aromatic heterocycles. The highest BCUT2D eigenvalue weighted by molar-refractivity contribution is 5.99. The summed E-state index contributed by atoms with van der Waals surface area (Å²) >= 11 is 0. The maximum Gasteiger partial charge on any atom is 0.275 e. The van der Waals surface area contributed by atoms with Gasteiger partial charge in [0, 0.05) is 50.9 Å². The van der Waals surface area contributed by atoms with Gasteiger partial charge in [0.1, 0.15) is 5.54 Å². The van der Waals surface area contributed by atoms with Crippen LogP contribution >= 0.6 is 0 Å². The summed E-state index contributed by atoms with van der Waals surface area (Å²) in [6.07, 6.45) is 0.848. The molecule has 2 amide bonds. The van der Waals surface area contributed by atoms with Crippen molar-refractivity contribution in [3.8, 4) is 0 Å². The molecule has 21 heavy (non-hydrogen) atoms. The molecule has 0 bridgehead atoms. The number of rotatable bonds is 1. The van der Waals surface area contributed by atoms with Crippen molar-refractivity contribution in [3.63, 3.8) is 0 Å². The fraction of sp³-hybridized carbons (Fsp3) is 0.643. The Bertz CT molecular complexity index is 592. The summed E-state index contributed by atoms with van der Waals surface area (Å²) in [6, 6.07) is 0. The number of carbonyl (C=O) groups excluding carboxylic acids is 2. The number of nitrogens with one attached hydrogen (secondary N) is 2. The summed E-state index contributed by atoms with van der Waals surface area (Å²) in [5, 5.41) is 10.4. The normalized spacial score (nSPS) is 21.4. The summed E-state index contributed by atoms with van der Waals surface area (Å²) in [6.45, 7) is 6.21. The van der Waals surface area contributed by atoms with Gasteiger partial charge in [0.05, 0.1) is 0 Å². The molecule has 0 aromatic carbocycles. The molecule has 0 aliphatic carbocycles. The maximum absolute atomic E-state index is 12.8. The minimum Gasteiger partial charge on any atom is -0.342 e. The van der Waals surface area contributed by atoms with Gasteiger partial charge in [-0.3, -0.25) is 14.7 Å². The van der Waals surface area contributed by atoms with E-state index in [0.29, 0.717) is 25.3 Å². The van der Waals surface area contributed by atoms with Gasteiger partial charge in [-0.2, -0.15) is 5.10 Å². The number of amides is 2. The first-order valence-electron chi connectivity index (χ1n) is 7.27. The van der Waals surface area contributed by atoms with Crippen molar-refractivity contribution in [2.75, 3.05) is 26.7 Å². The van der Waals surface area contributed by atoms with Gasteiger partial charge in [-0.15, -0.1) is 0 Å². The lowest BCUT2D eigenvalue weighted by atomic mass is 9.96. The standard InChI is InChI=1S/C14H21N5O2/c1-14(2)13(21)18(3)6-7-19(14)12(20)11-9-8-15-5-4-10(9)16-17-11/h15H,4-8H2,1-3H3,(H,16,17). The number of aromatic amines is 1. The molecule has 0 unspecified atom stereocenters. The number of carbonyl (C=O) groups is 2. The molecule has 0 saturated carbocycles. The quantitative estimate of drug-likeness (QED) is 0.747. The van der Waals surface area contributed by atoms with Crippen LogP contribution in [-0.4, -0.2) is 64.0 Å². The summed E-state index contributed by atoms with van der Waals surface area (Å²) in [5.74, 6) is -0.202. The molecule has 2 N–H and O–H groups in total. The van der Waals surface area contributed by atoms with Crippen LogP contribution in [0.3, 0.4) is 0 Å². The van der Waals surface area contributed by atoms with Gasteiger partial charge in [0.15, 0.2) is 5.69 Å². The Morgan fingerprint density at radius 1 is 1.33 bits per heavy atom. The monoisotopic (exact) mass is 291 g/mol. The summed E-state index contributed by atoms with van der Waals surface area (Å²) in [7, 11) is 1.77. The molecule has 0 spiro atoms. The number of hydrogen-bond donors (Lipinski definition) is 2. The van der Waals surface area contributed by atoms with E-state index >= 15 is 0 Å². The molecule has 2 aliphatic heterocycles. The van der Waals surface area contributed by atoms with Crippen LogP contribution in [0.1, 0.15) is 35.6 Å². The lowest BCUT2D eigenvalue weighted by molar-refractivity contribution is -0.144. The van der Waals surface area contributed by atoms with Crippen LogP contribution in [-0.2, 0) is 17.8 Å². The zero-order chi connectivity index (χ0) is 15.2. The smallest absolute Gasteiger partial charge is 0.275 e. The van der Waals surface area contributed by atoms with Gasteiger partial charge in [-0.05, 0) is 13.8 Å². The van der Waals surface area contributed by atoms with Crippen molar-refractivity contribution in [3.05, 3.63) is 17.0 Å². The van der Waals surface area contributed by atoms with Gasteiger partial charge in [0.2, 0.25) is 5.91 Å². The molecule has 114 valence electrons. The van der Waals surface area contributed by atoms with Gasteiger partial charge in [0.25, 0.3) is 5.91 Å². The van der Waals surface area contributed by atoms with Crippen molar-refractivity contribution < 1.29 is 9.59 Å². The van der Waals surface area contributed by atoms with E-state index in [1.165, 1.54) is 0 Å². The third-order valence-electron chi connectivity index (χ3n) is 4.46. The molecule has 7 heteroatoms. The van der Waals surface area contributed by atoms with Crippen molar-refractivity contribution in [1.82, 2.24) is 25.3 Å². The van der Waals surface area contributed by atoms with E-state index in [0.717, 1.165) is 24.2 Å². The van der Waals surface area contributed by atoms with Crippen LogP contribution in [0, 0.1) is 0 Å². The molecular weight excluding hydrogens is 270 g/mol. The van der Waals surface area contributed by atoms with Gasteiger partial charge in [-0.25, -0.2) is 0 Å². The first-order chi connectivity index (χ1) is 9.93. The maximum atomic E-state index is 12.8. The molecule has 7 nitrogen and oxygen atoms in total. The Labute approximate surface area is 123 Å². The predicted molar refractivity (Wildman–Crippen MR) is 76.8 cm³/mol. The Kier molecular flexibility index (Phi) is 3.24. The molecule has 3 heterocycles. The van der Waals surface area contributed by atoms with Crippen molar-refractivity contribution in [1.29, 1.82) is 0 Å². The van der Waals surface area contributed by atoms with E-state index in [4.69, 9.17) is 0 Å². The molecule has 1 saturated heterocycles. The summed E-state index contributed by atoms with van der Waals surface area (Å²) in [5.41, 5.74) is 1.57. The summed E-state index contributed by atoms with van der Waals surface area (Å²) < 4.78 is 0. The number of likely N-dealkylation sites (N-methyl/N-ethyl adjacent to an activating group) is 1. The lowest BCUT2D eigenvalue weighted by Crippen LogP contribution is -2.63. The predicted octanol–water partition coefficient (Wildman–Crippen LogP) is -0.252. The van der Waals surface area contributed by atoms with Gasteiger partial charge < -0.3 is 15.1 Å². The second kappa shape index (κ2) is 4.84. The fourth-order valence-corrected chi connectivity index (χ4v) is 3.10. The van der Waals surface area contributed by atoms with E-state index in [2.05, 4.69) is 15.5 Å². The topological polar surface area (TPSA) is 81.3 Å². The van der Waals surface area contributed by atoms with E-state index in [-0.39, 0.29) is 11.8 Å². The lowest BCUT2D eigenvalue weighted by Gasteiger charge is -2.44. The minimum atomic E-state index is -0.835. The number of fused-ring (bicyclic) bond motifs is 1. The number of piperazine rings is 1. The Morgan fingerprint density at radius 3 is 2.86 bits per heavy atom. The van der Waals surface area contributed by atoms with Crippen molar-refractivity contribution in [2.45, 2.75) is 32.4 Å². The third kappa shape index (κ3) is 2.12. The summed E-state index contributed by atoms with van der Waals surface area (Å²) in [4.78, 5) is 28.5. The van der Waals surface area contributed by atoms with E-state index < -0.39 is 5.54 Å². The number of hydrogen-bond acceptors (Lipinski definition) is 4. The molecule has 1 fully saturated rings. The molecule has 2 aliphatic rings. The van der Waals surface area contributed by atoms with Gasteiger partial charge >= 0.3 is 0 Å². The van der Waals surface area contributed by atoms with Crippen LogP contribution in [0.2, 0.25) is 0 Å². The molecule has 0 atom stereocenters. The van der Waals surface area contributed by atoms with Crippen LogP contribution in [0.15, 0.2) is 0 Å². The Balaban J connectivity index is 1.92. The van der Waals surface area contributed by atoms with E-state index in [1.807, 2.05) is 0 Å². The van der Waals surface area contributed by atoms with Crippen LogP contribution in [0.25, 0.3) is 0 Å². The molecule has 0 radical (unpaired) electrons. The fourth-order valence-electron chi connectivity index (χ4n) is 3.10. The van der Waals surface area contributed by atoms with Crippen LogP contribution in [0.4, 0.5) is 0 Å². The minimum absolute atomic E-state index is 0.0374. The number of nitrogens with zero attached hydrogens (tertiary/aromatic N) is 3.